The summed E-state index contributed by atoms with van der Waals surface area (Å²) in [5, 5.41) is 0. The van der Waals surface area contributed by atoms with Crippen LogP contribution in [-0.2, 0) is 24.1 Å². The first-order chi connectivity index (χ1) is 15.3. The number of piperidine rings is 1. The molecule has 0 radical (unpaired) electrons. The predicted molar refractivity (Wildman–Crippen MR) is 122 cm³/mol. The molecular formula is C23H34N2O7S. The van der Waals surface area contributed by atoms with Gasteiger partial charge in [-0.1, -0.05) is 0 Å². The van der Waals surface area contributed by atoms with Crippen LogP contribution in [0.2, 0.25) is 0 Å². The molecule has 1 aromatic rings. The maximum absolute atomic E-state index is 12.8. The van der Waals surface area contributed by atoms with Crippen LogP contribution in [0.4, 0.5) is 4.79 Å². The second-order valence-corrected chi connectivity index (χ2v) is 12.2. The fraction of sp³-hybridized carbons (Fsp3) is 0.696. The molecule has 10 heteroatoms. The van der Waals surface area contributed by atoms with Crippen LogP contribution in [0.25, 0.3) is 0 Å². The molecule has 2 aliphatic rings. The van der Waals surface area contributed by atoms with Crippen molar-refractivity contribution in [3.05, 3.63) is 23.0 Å². The Morgan fingerprint density at radius 1 is 1.15 bits per heavy atom. The monoisotopic (exact) mass is 482 g/mol. The van der Waals surface area contributed by atoms with E-state index in [1.807, 2.05) is 11.5 Å². The van der Waals surface area contributed by atoms with Crippen LogP contribution in [0.5, 0.6) is 0 Å². The van der Waals surface area contributed by atoms with E-state index in [-0.39, 0.29) is 29.9 Å². The third-order valence-electron chi connectivity index (χ3n) is 6.11. The number of Topliss-reactive ketones (excluding diaryl/α,β-unsaturated/α-hetero) is 1. The van der Waals surface area contributed by atoms with Crippen molar-refractivity contribution in [2.24, 2.45) is 5.92 Å². The first kappa shape index (κ1) is 25.3. The van der Waals surface area contributed by atoms with Gasteiger partial charge in [0, 0.05) is 36.1 Å². The zero-order chi connectivity index (χ0) is 24.6. The first-order valence-electron chi connectivity index (χ1n) is 11.3. The average Bonchev–Trinajstić information content (AvgIpc) is 3.22. The zero-order valence-electron chi connectivity index (χ0n) is 20.0. The second kappa shape index (κ2) is 9.48. The van der Waals surface area contributed by atoms with Gasteiger partial charge in [-0.25, -0.2) is 13.2 Å². The van der Waals surface area contributed by atoms with E-state index in [1.165, 1.54) is 4.90 Å². The number of amides is 1. The number of ether oxygens (including phenoxy) is 2. The average molecular weight is 483 g/mol. The number of esters is 1. The van der Waals surface area contributed by atoms with E-state index in [1.54, 1.807) is 33.8 Å². The van der Waals surface area contributed by atoms with E-state index in [4.69, 9.17) is 9.47 Å². The Morgan fingerprint density at radius 2 is 1.85 bits per heavy atom. The van der Waals surface area contributed by atoms with E-state index >= 15 is 0 Å². The van der Waals surface area contributed by atoms with Crippen LogP contribution < -0.4 is 0 Å². The van der Waals surface area contributed by atoms with Gasteiger partial charge in [0.15, 0.2) is 16.4 Å². The molecule has 1 aromatic heterocycles. The van der Waals surface area contributed by atoms with Gasteiger partial charge in [0.25, 0.3) is 0 Å². The molecular weight excluding hydrogens is 448 g/mol. The summed E-state index contributed by atoms with van der Waals surface area (Å²) >= 11 is 0. The number of aryl methyl sites for hydroxylation is 1. The van der Waals surface area contributed by atoms with Crippen molar-refractivity contribution in [2.75, 3.05) is 31.2 Å². The van der Waals surface area contributed by atoms with Crippen molar-refractivity contribution in [3.8, 4) is 0 Å². The van der Waals surface area contributed by atoms with Crippen molar-refractivity contribution in [1.29, 1.82) is 0 Å². The molecule has 2 saturated heterocycles. The Labute approximate surface area is 195 Å². The molecule has 3 heterocycles. The van der Waals surface area contributed by atoms with Gasteiger partial charge < -0.3 is 18.9 Å². The number of nitrogens with zero attached hydrogens (tertiary/aromatic N) is 2. The molecule has 0 N–H and O–H groups in total. The third-order valence-corrected chi connectivity index (χ3v) is 7.86. The minimum absolute atomic E-state index is 0.0712. The predicted octanol–water partition coefficient (Wildman–Crippen LogP) is 2.84. The molecule has 1 amide bonds. The highest BCUT2D eigenvalue weighted by molar-refractivity contribution is 7.91. The van der Waals surface area contributed by atoms with E-state index in [9.17, 15) is 22.8 Å². The molecule has 9 nitrogen and oxygen atoms in total. The highest BCUT2D eigenvalue weighted by atomic mass is 32.2. The van der Waals surface area contributed by atoms with Crippen molar-refractivity contribution in [2.45, 2.75) is 65.5 Å². The number of ketones is 1. The molecule has 0 spiro atoms. The lowest BCUT2D eigenvalue weighted by Gasteiger charge is -2.33. The van der Waals surface area contributed by atoms with Gasteiger partial charge in [-0.2, -0.15) is 0 Å². The van der Waals surface area contributed by atoms with Crippen LogP contribution in [-0.4, -0.2) is 72.5 Å². The highest BCUT2D eigenvalue weighted by Gasteiger charge is 2.34. The Kier molecular flexibility index (Phi) is 7.26. The summed E-state index contributed by atoms with van der Waals surface area (Å²) in [6, 6.07) is 1.54. The number of rotatable bonds is 5. The minimum Gasteiger partial charge on any atom is -0.457 e. The lowest BCUT2D eigenvalue weighted by Crippen LogP contribution is -2.45. The molecule has 0 aromatic carbocycles. The first-order valence-corrected chi connectivity index (χ1v) is 13.2. The molecule has 33 heavy (non-hydrogen) atoms. The van der Waals surface area contributed by atoms with E-state index < -0.39 is 40.0 Å². The third kappa shape index (κ3) is 6.16. The number of hydrogen-bond acceptors (Lipinski definition) is 7. The van der Waals surface area contributed by atoms with Gasteiger partial charge >= 0.3 is 12.1 Å². The molecule has 0 bridgehead atoms. The van der Waals surface area contributed by atoms with E-state index in [2.05, 4.69) is 0 Å². The zero-order valence-corrected chi connectivity index (χ0v) is 20.9. The summed E-state index contributed by atoms with van der Waals surface area (Å²) < 4.78 is 36.3. The Morgan fingerprint density at radius 3 is 2.45 bits per heavy atom. The number of carbonyl (C=O) groups excluding carboxylic acids is 3. The number of aromatic nitrogens is 1. The summed E-state index contributed by atoms with van der Waals surface area (Å²) in [6.45, 7) is 9.31. The fourth-order valence-electron chi connectivity index (χ4n) is 4.59. The van der Waals surface area contributed by atoms with Crippen molar-refractivity contribution in [3.63, 3.8) is 0 Å². The van der Waals surface area contributed by atoms with Gasteiger partial charge in [-0.3, -0.25) is 9.59 Å². The van der Waals surface area contributed by atoms with Crippen molar-refractivity contribution < 1.29 is 32.3 Å². The summed E-state index contributed by atoms with van der Waals surface area (Å²) in [6.07, 6.45) is 1.30. The van der Waals surface area contributed by atoms with Gasteiger partial charge in [-0.05, 0) is 59.9 Å². The van der Waals surface area contributed by atoms with Crippen LogP contribution in [0.15, 0.2) is 6.07 Å². The number of likely N-dealkylation sites (tertiary alicyclic amines) is 1. The van der Waals surface area contributed by atoms with Gasteiger partial charge in [0.1, 0.15) is 5.60 Å². The summed E-state index contributed by atoms with van der Waals surface area (Å²) in [5.74, 6) is -1.12. The van der Waals surface area contributed by atoms with Crippen LogP contribution in [0.1, 0.15) is 67.8 Å². The standard InChI is InChI=1S/C23H34N2O7S/c1-15-11-19(16(2)25(15)18-8-10-33(29,30)14-18)20(26)13-31-21(27)17-7-6-9-24(12-17)22(28)32-23(3,4)5/h11,17-18H,6-10,12-14H2,1-5H3. The SMILES string of the molecule is Cc1cc(C(=O)COC(=O)C2CCCN(C(=O)OC(C)(C)C)C2)c(C)n1C1CCS(=O)(=O)C1. The minimum atomic E-state index is -3.06. The van der Waals surface area contributed by atoms with Crippen molar-refractivity contribution >= 4 is 27.7 Å². The van der Waals surface area contributed by atoms with Gasteiger partial charge in [-0.15, -0.1) is 0 Å². The lowest BCUT2D eigenvalue weighted by atomic mass is 9.98. The largest absolute Gasteiger partial charge is 0.457 e. The van der Waals surface area contributed by atoms with Gasteiger partial charge in [0.05, 0.1) is 17.4 Å². The molecule has 2 atom stereocenters. The van der Waals surface area contributed by atoms with Crippen LogP contribution >= 0.6 is 0 Å². The Hall–Kier alpha value is -2.36. The maximum atomic E-state index is 12.8. The van der Waals surface area contributed by atoms with E-state index in [0.29, 0.717) is 37.1 Å². The molecule has 2 fully saturated rings. The van der Waals surface area contributed by atoms with Gasteiger partial charge in [0.2, 0.25) is 5.78 Å². The quantitative estimate of drug-likeness (QED) is 0.468. The molecule has 184 valence electrons. The molecule has 0 saturated carbocycles. The smallest absolute Gasteiger partial charge is 0.410 e. The Bertz CT molecular complexity index is 1040. The molecule has 3 rings (SSSR count). The summed E-state index contributed by atoms with van der Waals surface area (Å²) in [7, 11) is -3.06. The highest BCUT2D eigenvalue weighted by Crippen LogP contribution is 2.29. The lowest BCUT2D eigenvalue weighted by molar-refractivity contribution is -0.149. The summed E-state index contributed by atoms with van der Waals surface area (Å²) in [5.41, 5.74) is 1.31. The topological polar surface area (TPSA) is 112 Å². The van der Waals surface area contributed by atoms with E-state index in [0.717, 1.165) is 5.69 Å². The molecule has 2 aliphatic heterocycles. The van der Waals surface area contributed by atoms with Crippen LogP contribution in [0, 0.1) is 19.8 Å². The number of hydrogen-bond donors (Lipinski definition) is 0. The summed E-state index contributed by atoms with van der Waals surface area (Å²) in [4.78, 5) is 39.2. The number of carbonyl (C=O) groups is 3. The fourth-order valence-corrected chi connectivity index (χ4v) is 6.29. The molecule has 0 aliphatic carbocycles. The van der Waals surface area contributed by atoms with Crippen molar-refractivity contribution in [1.82, 2.24) is 9.47 Å². The van der Waals surface area contributed by atoms with Crippen LogP contribution in [0.3, 0.4) is 0 Å². The molecule has 2 unspecified atom stereocenters. The maximum Gasteiger partial charge on any atom is 0.410 e. The Balaban J connectivity index is 1.59. The second-order valence-electron chi connectivity index (χ2n) is 10.0. The normalized spacial score (nSPS) is 22.8. The number of sulfone groups is 1.